The number of halogens is 1. The zero-order valence-corrected chi connectivity index (χ0v) is 5.17. The van der Waals surface area contributed by atoms with Crippen molar-refractivity contribution in [3.05, 3.63) is 12.4 Å². The first-order valence-electron chi connectivity index (χ1n) is 1.58. The molecule has 0 fully saturated rings. The fraction of sp³-hybridized carbons (Fsp3) is 0. The largest absolute Gasteiger partial charge is 0.480 e. The van der Waals surface area contributed by atoms with E-state index in [1.165, 1.54) is 6.20 Å². The van der Waals surface area contributed by atoms with Crippen LogP contribution in [0.1, 0.15) is 0 Å². The van der Waals surface area contributed by atoms with Crippen LogP contribution >= 0.6 is 17.0 Å². The summed E-state index contributed by atoms with van der Waals surface area (Å²) in [5.74, 6) is 0. The van der Waals surface area contributed by atoms with E-state index in [0.29, 0.717) is 0 Å². The molecule has 0 aromatic carbocycles. The Kier molecular flexibility index (Phi) is 2.44. The molecule has 0 amide bonds. The number of aromatic amines is 1. The van der Waals surface area contributed by atoms with Crippen molar-refractivity contribution in [1.82, 2.24) is 9.97 Å². The second-order valence-electron chi connectivity index (χ2n) is 0.913. The van der Waals surface area contributed by atoms with Crippen molar-refractivity contribution < 1.29 is 5.11 Å². The Morgan fingerprint density at radius 1 is 1.71 bits per heavy atom. The fourth-order valence-corrected chi connectivity index (χ4v) is 0.257. The first-order valence-corrected chi connectivity index (χ1v) is 1.58. The molecule has 2 N–H and O–H groups in total. The van der Waals surface area contributed by atoms with E-state index in [-0.39, 0.29) is 23.0 Å². The maximum atomic E-state index is 8.31. The maximum absolute atomic E-state index is 8.31. The molecule has 1 aromatic heterocycles. The average molecular weight is 165 g/mol. The standard InChI is InChI=1S/C3H4N2O.BrH/c6-3-4-1-2-5-3;/h1-2H,(H2,4,5,6);1H. The molecule has 4 heteroatoms. The summed E-state index contributed by atoms with van der Waals surface area (Å²) in [6, 6.07) is -0.0324. The molecule has 1 heterocycles. The highest BCUT2D eigenvalue weighted by atomic mass is 79.9. The molecule has 0 aliphatic carbocycles. The molecular weight excluding hydrogens is 160 g/mol. The van der Waals surface area contributed by atoms with Crippen LogP contribution in [-0.2, 0) is 0 Å². The molecule has 0 atom stereocenters. The van der Waals surface area contributed by atoms with Crippen LogP contribution in [0.15, 0.2) is 12.4 Å². The lowest BCUT2D eigenvalue weighted by molar-refractivity contribution is 0.436. The van der Waals surface area contributed by atoms with Crippen molar-refractivity contribution in [3.8, 4) is 6.01 Å². The first kappa shape index (κ1) is 6.49. The van der Waals surface area contributed by atoms with Crippen LogP contribution in [0, 0.1) is 0 Å². The van der Waals surface area contributed by atoms with Crippen LogP contribution in [0.5, 0.6) is 6.01 Å². The Morgan fingerprint density at radius 3 is 2.57 bits per heavy atom. The van der Waals surface area contributed by atoms with Crippen molar-refractivity contribution >= 4 is 17.0 Å². The Balaban J connectivity index is 0.000000360. The van der Waals surface area contributed by atoms with Crippen LogP contribution in [0.25, 0.3) is 0 Å². The third-order valence-corrected chi connectivity index (χ3v) is 0.484. The molecule has 0 radical (unpaired) electrons. The molecule has 0 saturated carbocycles. The minimum atomic E-state index is -0.0324. The van der Waals surface area contributed by atoms with E-state index < -0.39 is 0 Å². The Labute approximate surface area is 51.2 Å². The van der Waals surface area contributed by atoms with Gasteiger partial charge in [-0.1, -0.05) is 0 Å². The number of hydrogen-bond acceptors (Lipinski definition) is 2. The lowest BCUT2D eigenvalue weighted by Crippen LogP contribution is -1.58. The van der Waals surface area contributed by atoms with Crippen LogP contribution < -0.4 is 0 Å². The summed E-state index contributed by atoms with van der Waals surface area (Å²) in [4.78, 5) is 5.86. The summed E-state index contributed by atoms with van der Waals surface area (Å²) in [6.45, 7) is 0. The topological polar surface area (TPSA) is 48.9 Å². The van der Waals surface area contributed by atoms with Gasteiger partial charge in [-0.25, -0.2) is 4.98 Å². The number of hydrogen-bond donors (Lipinski definition) is 2. The van der Waals surface area contributed by atoms with Gasteiger partial charge in [-0.3, -0.25) is 0 Å². The highest BCUT2D eigenvalue weighted by Crippen LogP contribution is 1.90. The van der Waals surface area contributed by atoms with Gasteiger partial charge in [0.1, 0.15) is 0 Å². The zero-order valence-electron chi connectivity index (χ0n) is 3.46. The summed E-state index contributed by atoms with van der Waals surface area (Å²) in [7, 11) is 0. The molecule has 1 rings (SSSR count). The van der Waals surface area contributed by atoms with E-state index in [1.54, 1.807) is 6.20 Å². The van der Waals surface area contributed by atoms with Crippen LogP contribution in [-0.4, -0.2) is 15.1 Å². The fourth-order valence-electron chi connectivity index (χ4n) is 0.257. The maximum Gasteiger partial charge on any atom is 0.290 e. The minimum Gasteiger partial charge on any atom is -0.480 e. The van der Waals surface area contributed by atoms with Crippen molar-refractivity contribution in [2.24, 2.45) is 0 Å². The normalized spacial score (nSPS) is 7.43. The second-order valence-corrected chi connectivity index (χ2v) is 0.913. The molecule has 0 saturated heterocycles. The molecule has 0 spiro atoms. The van der Waals surface area contributed by atoms with E-state index in [1.807, 2.05) is 0 Å². The van der Waals surface area contributed by atoms with Gasteiger partial charge in [0.2, 0.25) is 0 Å². The molecule has 0 bridgehead atoms. The smallest absolute Gasteiger partial charge is 0.290 e. The summed E-state index contributed by atoms with van der Waals surface area (Å²) in [6.07, 6.45) is 3.03. The van der Waals surface area contributed by atoms with Gasteiger partial charge in [-0.15, -0.1) is 17.0 Å². The minimum absolute atomic E-state index is 0. The Bertz CT molecular complexity index is 116. The van der Waals surface area contributed by atoms with E-state index >= 15 is 0 Å². The predicted molar refractivity (Wildman–Crippen MR) is 30.6 cm³/mol. The van der Waals surface area contributed by atoms with Crippen molar-refractivity contribution in [2.75, 3.05) is 0 Å². The van der Waals surface area contributed by atoms with E-state index in [2.05, 4.69) is 9.97 Å². The molecule has 0 aliphatic rings. The van der Waals surface area contributed by atoms with Crippen molar-refractivity contribution in [1.29, 1.82) is 0 Å². The van der Waals surface area contributed by atoms with Gasteiger partial charge < -0.3 is 10.1 Å². The highest BCUT2D eigenvalue weighted by molar-refractivity contribution is 8.93. The van der Waals surface area contributed by atoms with Gasteiger partial charge in [0.05, 0.1) is 0 Å². The Morgan fingerprint density at radius 2 is 2.43 bits per heavy atom. The van der Waals surface area contributed by atoms with Gasteiger partial charge in [0, 0.05) is 12.4 Å². The van der Waals surface area contributed by atoms with Gasteiger partial charge in [0.15, 0.2) is 0 Å². The van der Waals surface area contributed by atoms with E-state index in [0.717, 1.165) is 0 Å². The van der Waals surface area contributed by atoms with Crippen molar-refractivity contribution in [3.63, 3.8) is 0 Å². The zero-order chi connectivity index (χ0) is 4.41. The summed E-state index contributed by atoms with van der Waals surface area (Å²) in [5, 5.41) is 8.31. The number of imidazole rings is 1. The molecule has 0 unspecified atom stereocenters. The van der Waals surface area contributed by atoms with E-state index in [9.17, 15) is 0 Å². The number of aromatic nitrogens is 2. The number of aromatic hydroxyl groups is 1. The number of rotatable bonds is 0. The van der Waals surface area contributed by atoms with Crippen LogP contribution in [0.2, 0.25) is 0 Å². The number of nitrogens with zero attached hydrogens (tertiary/aromatic N) is 1. The van der Waals surface area contributed by atoms with Gasteiger partial charge in [0.25, 0.3) is 6.01 Å². The molecule has 0 aliphatic heterocycles. The molecule has 1 aromatic rings. The summed E-state index contributed by atoms with van der Waals surface area (Å²) in [5.41, 5.74) is 0. The lowest BCUT2D eigenvalue weighted by Gasteiger charge is -1.69. The molecular formula is C3H5BrN2O. The van der Waals surface area contributed by atoms with Crippen molar-refractivity contribution in [2.45, 2.75) is 0 Å². The highest BCUT2D eigenvalue weighted by Gasteiger charge is 1.77. The summed E-state index contributed by atoms with van der Waals surface area (Å²) >= 11 is 0. The number of H-pyrrole nitrogens is 1. The van der Waals surface area contributed by atoms with Gasteiger partial charge in [-0.2, -0.15) is 0 Å². The monoisotopic (exact) mass is 164 g/mol. The Hall–Kier alpha value is -0.510. The van der Waals surface area contributed by atoms with Crippen LogP contribution in [0.3, 0.4) is 0 Å². The lowest BCUT2D eigenvalue weighted by atomic mass is 11.0. The van der Waals surface area contributed by atoms with E-state index in [4.69, 9.17) is 5.11 Å². The molecule has 3 nitrogen and oxygen atoms in total. The predicted octanol–water partition coefficient (Wildman–Crippen LogP) is 0.693. The quantitative estimate of drug-likeness (QED) is 0.594. The van der Waals surface area contributed by atoms with Crippen LogP contribution in [0.4, 0.5) is 0 Å². The average Bonchev–Trinajstić information content (AvgIpc) is 1.86. The van der Waals surface area contributed by atoms with Gasteiger partial charge >= 0.3 is 0 Å². The molecule has 7 heavy (non-hydrogen) atoms. The second kappa shape index (κ2) is 2.63. The SMILES string of the molecule is Br.Oc1ncc[nH]1. The third kappa shape index (κ3) is 1.59. The first-order chi connectivity index (χ1) is 2.89. The third-order valence-electron chi connectivity index (χ3n) is 0.484. The number of nitrogens with one attached hydrogen (secondary N) is 1. The van der Waals surface area contributed by atoms with Gasteiger partial charge in [-0.05, 0) is 0 Å². The molecule has 40 valence electrons. The summed E-state index contributed by atoms with van der Waals surface area (Å²) < 4.78 is 0.